The van der Waals surface area contributed by atoms with E-state index in [-0.39, 0.29) is 0 Å². The van der Waals surface area contributed by atoms with Crippen molar-refractivity contribution in [2.75, 3.05) is 35.7 Å². The Balaban J connectivity index is 1.88. The van der Waals surface area contributed by atoms with Gasteiger partial charge in [-0.2, -0.15) is 15.0 Å². The van der Waals surface area contributed by atoms with Crippen molar-refractivity contribution in [3.63, 3.8) is 0 Å². The van der Waals surface area contributed by atoms with Crippen molar-refractivity contribution in [1.82, 2.24) is 15.0 Å². The van der Waals surface area contributed by atoms with Crippen LogP contribution in [0.4, 0.5) is 23.5 Å². The topological polar surface area (TPSA) is 66.0 Å². The van der Waals surface area contributed by atoms with E-state index in [9.17, 15) is 0 Å². The van der Waals surface area contributed by atoms with Crippen molar-refractivity contribution in [3.05, 3.63) is 27.8 Å². The summed E-state index contributed by atoms with van der Waals surface area (Å²) in [6.07, 6.45) is 2.39. The second kappa shape index (κ2) is 6.42. The molecule has 1 aromatic heterocycles. The van der Waals surface area contributed by atoms with E-state index in [2.05, 4.69) is 59.1 Å². The maximum Gasteiger partial charge on any atom is 0.233 e. The van der Waals surface area contributed by atoms with Crippen LogP contribution in [-0.4, -0.2) is 35.1 Å². The van der Waals surface area contributed by atoms with Crippen LogP contribution in [0.2, 0.25) is 0 Å². The highest BCUT2D eigenvalue weighted by molar-refractivity contribution is 14.1. The summed E-state index contributed by atoms with van der Waals surface area (Å²) in [5.41, 5.74) is 0.975. The average molecular weight is 396 g/mol. The lowest BCUT2D eigenvalue weighted by Gasteiger charge is -2.16. The summed E-state index contributed by atoms with van der Waals surface area (Å²) in [7, 11) is 1.82. The molecule has 1 fully saturated rings. The molecule has 6 nitrogen and oxygen atoms in total. The molecule has 7 heteroatoms. The number of nitrogens with one attached hydrogen (secondary N) is 2. The number of nitrogens with zero attached hydrogens (tertiary/aromatic N) is 4. The largest absolute Gasteiger partial charge is 0.357 e. The lowest BCUT2D eigenvalue weighted by Crippen LogP contribution is -2.21. The summed E-state index contributed by atoms with van der Waals surface area (Å²) < 4.78 is 1.17. The maximum atomic E-state index is 4.54. The van der Waals surface area contributed by atoms with E-state index < -0.39 is 0 Å². The summed E-state index contributed by atoms with van der Waals surface area (Å²) in [5, 5.41) is 6.25. The van der Waals surface area contributed by atoms with E-state index in [1.165, 1.54) is 16.4 Å². The first-order chi connectivity index (χ1) is 10.2. The number of benzene rings is 1. The van der Waals surface area contributed by atoms with Crippen molar-refractivity contribution in [2.24, 2.45) is 0 Å². The second-order valence-electron chi connectivity index (χ2n) is 4.86. The molecule has 2 heterocycles. The summed E-state index contributed by atoms with van der Waals surface area (Å²) in [5.74, 6) is 1.89. The Morgan fingerprint density at radius 3 is 2.57 bits per heavy atom. The highest BCUT2D eigenvalue weighted by Gasteiger charge is 2.17. The van der Waals surface area contributed by atoms with Crippen LogP contribution in [0.3, 0.4) is 0 Å². The zero-order valence-corrected chi connectivity index (χ0v) is 14.0. The average Bonchev–Trinajstić information content (AvgIpc) is 3.01. The van der Waals surface area contributed by atoms with Gasteiger partial charge < -0.3 is 15.5 Å². The van der Waals surface area contributed by atoms with Crippen LogP contribution >= 0.6 is 22.6 Å². The second-order valence-corrected chi connectivity index (χ2v) is 6.11. The molecule has 1 aromatic carbocycles. The Labute approximate surface area is 137 Å². The van der Waals surface area contributed by atoms with Gasteiger partial charge in [0, 0.05) is 29.4 Å². The van der Waals surface area contributed by atoms with Crippen molar-refractivity contribution >= 4 is 46.1 Å². The predicted molar refractivity (Wildman–Crippen MR) is 93.3 cm³/mol. The molecule has 0 atom stereocenters. The molecule has 0 amide bonds. The lowest BCUT2D eigenvalue weighted by atomic mass is 10.3. The Hall–Kier alpha value is -1.64. The minimum atomic E-state index is 0.568. The molecule has 0 unspecified atom stereocenters. The van der Waals surface area contributed by atoms with Gasteiger partial charge in [0.1, 0.15) is 0 Å². The molecule has 1 aliphatic rings. The number of rotatable bonds is 4. The third kappa shape index (κ3) is 3.52. The first-order valence-corrected chi connectivity index (χ1v) is 8.04. The fourth-order valence-corrected chi connectivity index (χ4v) is 2.83. The standard InChI is InChI=1S/C14H17IN6/c1-16-12-18-13(17-11-6-4-5-10(15)9-11)20-14(19-12)21-7-2-3-8-21/h4-6,9H,2-3,7-8H2,1H3,(H2,16,17,18,19,20). The molecule has 2 aromatic rings. The molecule has 1 saturated heterocycles. The monoisotopic (exact) mass is 396 g/mol. The Morgan fingerprint density at radius 2 is 1.86 bits per heavy atom. The Bertz CT molecular complexity index is 627. The summed E-state index contributed by atoms with van der Waals surface area (Å²) in [4.78, 5) is 15.6. The van der Waals surface area contributed by atoms with Gasteiger partial charge in [0.15, 0.2) is 0 Å². The van der Waals surface area contributed by atoms with Gasteiger partial charge in [-0.3, -0.25) is 0 Å². The number of anilines is 4. The molecule has 2 N–H and O–H groups in total. The van der Waals surface area contributed by atoms with Crippen LogP contribution in [0.25, 0.3) is 0 Å². The van der Waals surface area contributed by atoms with Gasteiger partial charge in [-0.1, -0.05) is 6.07 Å². The van der Waals surface area contributed by atoms with E-state index in [0.717, 1.165) is 24.7 Å². The van der Waals surface area contributed by atoms with Crippen LogP contribution in [0, 0.1) is 3.57 Å². The van der Waals surface area contributed by atoms with E-state index in [1.54, 1.807) is 0 Å². The molecule has 21 heavy (non-hydrogen) atoms. The molecule has 0 saturated carbocycles. The van der Waals surface area contributed by atoms with E-state index in [0.29, 0.717) is 11.9 Å². The van der Waals surface area contributed by atoms with Gasteiger partial charge in [-0.05, 0) is 53.6 Å². The molecule has 3 rings (SSSR count). The van der Waals surface area contributed by atoms with E-state index in [1.807, 2.05) is 25.2 Å². The molecular formula is C14H17IN6. The van der Waals surface area contributed by atoms with Gasteiger partial charge >= 0.3 is 0 Å². The smallest absolute Gasteiger partial charge is 0.233 e. The lowest BCUT2D eigenvalue weighted by molar-refractivity contribution is 0.885. The number of hydrogen-bond acceptors (Lipinski definition) is 6. The number of halogens is 1. The van der Waals surface area contributed by atoms with Gasteiger partial charge in [0.05, 0.1) is 0 Å². The van der Waals surface area contributed by atoms with Crippen molar-refractivity contribution in [3.8, 4) is 0 Å². The quantitative estimate of drug-likeness (QED) is 0.775. The van der Waals surface area contributed by atoms with Gasteiger partial charge in [0.2, 0.25) is 17.8 Å². The fraction of sp³-hybridized carbons (Fsp3) is 0.357. The van der Waals surface area contributed by atoms with Crippen LogP contribution < -0.4 is 15.5 Å². The van der Waals surface area contributed by atoms with Crippen molar-refractivity contribution in [1.29, 1.82) is 0 Å². The normalized spacial score (nSPS) is 14.3. The summed E-state index contributed by atoms with van der Waals surface area (Å²) in [6.45, 7) is 2.02. The third-order valence-corrected chi connectivity index (χ3v) is 3.99. The van der Waals surface area contributed by atoms with E-state index in [4.69, 9.17) is 0 Å². The molecule has 110 valence electrons. The van der Waals surface area contributed by atoms with Crippen LogP contribution in [0.15, 0.2) is 24.3 Å². The zero-order chi connectivity index (χ0) is 14.7. The van der Waals surface area contributed by atoms with Crippen LogP contribution in [0.5, 0.6) is 0 Å². The minimum absolute atomic E-state index is 0.568. The Kier molecular flexibility index (Phi) is 4.37. The van der Waals surface area contributed by atoms with Crippen LogP contribution in [-0.2, 0) is 0 Å². The van der Waals surface area contributed by atoms with Crippen molar-refractivity contribution in [2.45, 2.75) is 12.8 Å². The predicted octanol–water partition coefficient (Wildman–Crippen LogP) is 2.86. The molecule has 0 spiro atoms. The van der Waals surface area contributed by atoms with Gasteiger partial charge in [-0.25, -0.2) is 0 Å². The van der Waals surface area contributed by atoms with Crippen molar-refractivity contribution < 1.29 is 0 Å². The highest BCUT2D eigenvalue weighted by Crippen LogP contribution is 2.21. The van der Waals surface area contributed by atoms with E-state index >= 15 is 0 Å². The molecule has 1 aliphatic heterocycles. The van der Waals surface area contributed by atoms with Gasteiger partial charge in [0.25, 0.3) is 0 Å². The minimum Gasteiger partial charge on any atom is -0.357 e. The summed E-state index contributed by atoms with van der Waals surface area (Å²) >= 11 is 2.29. The molecule has 0 radical (unpaired) electrons. The number of aromatic nitrogens is 3. The molecule has 0 bridgehead atoms. The zero-order valence-electron chi connectivity index (χ0n) is 11.8. The number of hydrogen-bond donors (Lipinski definition) is 2. The maximum absolute atomic E-state index is 4.54. The summed E-state index contributed by atoms with van der Waals surface area (Å²) in [6, 6.07) is 8.11. The van der Waals surface area contributed by atoms with Crippen LogP contribution in [0.1, 0.15) is 12.8 Å². The first-order valence-electron chi connectivity index (χ1n) is 6.96. The Morgan fingerprint density at radius 1 is 1.10 bits per heavy atom. The van der Waals surface area contributed by atoms with Gasteiger partial charge in [-0.15, -0.1) is 0 Å². The molecule has 0 aliphatic carbocycles. The fourth-order valence-electron chi connectivity index (χ4n) is 2.29. The SMILES string of the molecule is CNc1nc(Nc2cccc(I)c2)nc(N2CCCC2)n1. The highest BCUT2D eigenvalue weighted by atomic mass is 127. The third-order valence-electron chi connectivity index (χ3n) is 3.32. The first kappa shape index (κ1) is 14.3. The molecular weight excluding hydrogens is 379 g/mol.